The number of hydrogen-bond acceptors (Lipinski definition) is 4. The summed E-state index contributed by atoms with van der Waals surface area (Å²) in [5.74, 6) is 1.91. The van der Waals surface area contributed by atoms with Gasteiger partial charge in [0.2, 0.25) is 0 Å². The van der Waals surface area contributed by atoms with Crippen LogP contribution in [0.4, 0.5) is 0 Å². The van der Waals surface area contributed by atoms with Gasteiger partial charge in [-0.2, -0.15) is 0 Å². The molecule has 1 atom stereocenters. The molecular weight excluding hydrogens is 260 g/mol. The molecule has 2 rings (SSSR count). The van der Waals surface area contributed by atoms with E-state index in [-0.39, 0.29) is 10.5 Å². The lowest BCUT2D eigenvalue weighted by atomic mass is 9.94. The molecule has 0 spiro atoms. The Balaban J connectivity index is 2.16. The summed E-state index contributed by atoms with van der Waals surface area (Å²) in [6.07, 6.45) is 2.06. The van der Waals surface area contributed by atoms with Gasteiger partial charge in [0.1, 0.15) is 12.4 Å². The molecule has 0 saturated carbocycles. The van der Waals surface area contributed by atoms with E-state index in [1.165, 1.54) is 0 Å². The van der Waals surface area contributed by atoms with Gasteiger partial charge in [-0.3, -0.25) is 4.79 Å². The lowest BCUT2D eigenvalue weighted by Gasteiger charge is -2.22. The highest BCUT2D eigenvalue weighted by Crippen LogP contribution is 2.41. The van der Waals surface area contributed by atoms with Crippen LogP contribution in [0.5, 0.6) is 5.75 Å². The van der Waals surface area contributed by atoms with Crippen molar-refractivity contribution in [3.8, 4) is 5.75 Å². The van der Waals surface area contributed by atoms with Gasteiger partial charge in [0.25, 0.3) is 0 Å². The molecule has 1 fully saturated rings. The van der Waals surface area contributed by atoms with Crippen molar-refractivity contribution in [2.75, 3.05) is 26.1 Å². The highest BCUT2D eigenvalue weighted by molar-refractivity contribution is 8.01. The van der Waals surface area contributed by atoms with Crippen LogP contribution in [0.25, 0.3) is 0 Å². The molecule has 4 heteroatoms. The average Bonchev–Trinajstić information content (AvgIpc) is 2.87. The molecule has 104 valence electrons. The molecular formula is C15H20O3S. The van der Waals surface area contributed by atoms with Gasteiger partial charge in [0.05, 0.1) is 16.9 Å². The third-order valence-corrected chi connectivity index (χ3v) is 4.90. The van der Waals surface area contributed by atoms with Crippen molar-refractivity contribution in [1.29, 1.82) is 0 Å². The minimum absolute atomic E-state index is 0.183. The second-order valence-corrected chi connectivity index (χ2v) is 6.45. The summed E-state index contributed by atoms with van der Waals surface area (Å²) in [7, 11) is 1.64. The van der Waals surface area contributed by atoms with Crippen LogP contribution in [-0.2, 0) is 4.74 Å². The summed E-state index contributed by atoms with van der Waals surface area (Å²) < 4.78 is 10.3. The minimum Gasteiger partial charge on any atom is -0.490 e. The number of rotatable bonds is 6. The molecule has 1 heterocycles. The van der Waals surface area contributed by atoms with Gasteiger partial charge in [0, 0.05) is 7.11 Å². The summed E-state index contributed by atoms with van der Waals surface area (Å²) in [5, 5.41) is 0. The molecule has 0 aromatic heterocycles. The van der Waals surface area contributed by atoms with Crippen LogP contribution in [0.2, 0.25) is 0 Å². The zero-order valence-electron chi connectivity index (χ0n) is 11.5. The van der Waals surface area contributed by atoms with Crippen LogP contribution >= 0.6 is 11.8 Å². The molecule has 1 saturated heterocycles. The molecule has 0 aliphatic carbocycles. The van der Waals surface area contributed by atoms with Crippen LogP contribution in [0.15, 0.2) is 24.3 Å². The van der Waals surface area contributed by atoms with Crippen LogP contribution < -0.4 is 4.74 Å². The molecule has 0 amide bonds. The fourth-order valence-electron chi connectivity index (χ4n) is 2.26. The van der Waals surface area contributed by atoms with E-state index in [1.54, 1.807) is 18.9 Å². The summed E-state index contributed by atoms with van der Waals surface area (Å²) in [6.45, 7) is 3.03. The number of methoxy groups -OCH3 is 1. The summed E-state index contributed by atoms with van der Waals surface area (Å²) in [5.41, 5.74) is 0.690. The second-order valence-electron chi connectivity index (χ2n) is 4.85. The number of ketones is 1. The number of para-hydroxylation sites is 1. The van der Waals surface area contributed by atoms with Crippen molar-refractivity contribution in [1.82, 2.24) is 0 Å². The lowest BCUT2D eigenvalue weighted by molar-refractivity contribution is 0.0941. The normalized spacial score (nSPS) is 22.4. The number of ether oxygens (including phenoxy) is 2. The van der Waals surface area contributed by atoms with Crippen molar-refractivity contribution in [2.24, 2.45) is 0 Å². The summed E-state index contributed by atoms with van der Waals surface area (Å²) >= 11 is 1.75. The summed E-state index contributed by atoms with van der Waals surface area (Å²) in [4.78, 5) is 12.7. The van der Waals surface area contributed by atoms with E-state index in [4.69, 9.17) is 9.47 Å². The number of hydrogen-bond donors (Lipinski definition) is 0. The Hall–Kier alpha value is -1.000. The number of carbonyl (C=O) groups excluding carboxylic acids is 1. The zero-order chi connectivity index (χ0) is 13.7. The highest BCUT2D eigenvalue weighted by Gasteiger charge is 2.38. The van der Waals surface area contributed by atoms with E-state index in [0.717, 1.165) is 18.6 Å². The molecule has 3 nitrogen and oxygen atoms in total. The maximum absolute atomic E-state index is 12.7. The van der Waals surface area contributed by atoms with Crippen molar-refractivity contribution in [2.45, 2.75) is 24.5 Å². The van der Waals surface area contributed by atoms with E-state index < -0.39 is 0 Å². The van der Waals surface area contributed by atoms with Crippen LogP contribution in [-0.4, -0.2) is 36.6 Å². The third-order valence-electron chi connectivity index (χ3n) is 3.38. The monoisotopic (exact) mass is 280 g/mol. The SMILES string of the molecule is COCCOc1ccccc1C(=O)C1(C)CCCS1. The Kier molecular flexibility index (Phi) is 4.88. The smallest absolute Gasteiger partial charge is 0.182 e. The van der Waals surface area contributed by atoms with Gasteiger partial charge in [-0.25, -0.2) is 0 Å². The molecule has 0 radical (unpaired) electrons. The fourth-order valence-corrected chi connectivity index (χ4v) is 3.53. The first-order valence-electron chi connectivity index (χ1n) is 6.57. The van der Waals surface area contributed by atoms with Crippen LogP contribution in [0, 0.1) is 0 Å². The van der Waals surface area contributed by atoms with Gasteiger partial charge < -0.3 is 9.47 Å². The predicted octanol–water partition coefficient (Wildman–Crippen LogP) is 3.18. The van der Waals surface area contributed by atoms with Crippen molar-refractivity contribution in [3.63, 3.8) is 0 Å². The molecule has 1 aromatic carbocycles. The van der Waals surface area contributed by atoms with E-state index in [2.05, 4.69) is 0 Å². The number of thioether (sulfide) groups is 1. The first-order chi connectivity index (χ1) is 9.17. The zero-order valence-corrected chi connectivity index (χ0v) is 12.3. The number of Topliss-reactive ketones (excluding diaryl/α,β-unsaturated/α-hetero) is 1. The first kappa shape index (κ1) is 14.4. The quantitative estimate of drug-likeness (QED) is 0.592. The second kappa shape index (κ2) is 6.44. The van der Waals surface area contributed by atoms with E-state index >= 15 is 0 Å². The van der Waals surface area contributed by atoms with Gasteiger partial charge in [0.15, 0.2) is 5.78 Å². The standard InChI is InChI=1S/C15H20O3S/c1-15(8-5-11-19-15)14(16)12-6-3-4-7-13(12)18-10-9-17-2/h3-4,6-7H,5,8-11H2,1-2H3. The molecule has 0 N–H and O–H groups in total. The average molecular weight is 280 g/mol. The Morgan fingerprint density at radius 2 is 2.16 bits per heavy atom. The maximum Gasteiger partial charge on any atom is 0.182 e. The van der Waals surface area contributed by atoms with Crippen LogP contribution in [0.3, 0.4) is 0 Å². The predicted molar refractivity (Wildman–Crippen MR) is 78.2 cm³/mol. The number of carbonyl (C=O) groups is 1. The molecule has 0 bridgehead atoms. The Bertz CT molecular complexity index is 439. The fraction of sp³-hybridized carbons (Fsp3) is 0.533. The number of benzene rings is 1. The van der Waals surface area contributed by atoms with Crippen molar-refractivity contribution in [3.05, 3.63) is 29.8 Å². The van der Waals surface area contributed by atoms with Gasteiger partial charge >= 0.3 is 0 Å². The van der Waals surface area contributed by atoms with E-state index in [9.17, 15) is 4.79 Å². The first-order valence-corrected chi connectivity index (χ1v) is 7.55. The minimum atomic E-state index is -0.291. The summed E-state index contributed by atoms with van der Waals surface area (Å²) in [6, 6.07) is 7.49. The largest absolute Gasteiger partial charge is 0.490 e. The van der Waals surface area contributed by atoms with E-state index in [0.29, 0.717) is 24.5 Å². The molecule has 1 aliphatic rings. The molecule has 1 aromatic rings. The highest BCUT2D eigenvalue weighted by atomic mass is 32.2. The molecule has 19 heavy (non-hydrogen) atoms. The van der Waals surface area contributed by atoms with Gasteiger partial charge in [-0.15, -0.1) is 11.8 Å². The molecule has 1 aliphatic heterocycles. The topological polar surface area (TPSA) is 35.5 Å². The van der Waals surface area contributed by atoms with Crippen LogP contribution in [0.1, 0.15) is 30.1 Å². The van der Waals surface area contributed by atoms with Gasteiger partial charge in [-0.1, -0.05) is 12.1 Å². The van der Waals surface area contributed by atoms with E-state index in [1.807, 2.05) is 31.2 Å². The van der Waals surface area contributed by atoms with Crippen molar-refractivity contribution < 1.29 is 14.3 Å². The Morgan fingerprint density at radius 1 is 1.37 bits per heavy atom. The Labute approximate surface area is 118 Å². The molecule has 1 unspecified atom stereocenters. The van der Waals surface area contributed by atoms with Crippen molar-refractivity contribution >= 4 is 17.5 Å². The lowest BCUT2D eigenvalue weighted by Crippen LogP contribution is -2.29. The maximum atomic E-state index is 12.7. The Morgan fingerprint density at radius 3 is 2.84 bits per heavy atom. The third kappa shape index (κ3) is 3.31. The van der Waals surface area contributed by atoms with Gasteiger partial charge in [-0.05, 0) is 37.7 Å².